The van der Waals surface area contributed by atoms with Crippen molar-refractivity contribution in [3.05, 3.63) is 0 Å². The lowest BCUT2D eigenvalue weighted by atomic mass is 9.96. The van der Waals surface area contributed by atoms with E-state index >= 15 is 0 Å². The molecule has 2 aliphatic rings. The predicted octanol–water partition coefficient (Wildman–Crippen LogP) is 1.27. The highest BCUT2D eigenvalue weighted by Gasteiger charge is 2.45. The minimum atomic E-state index is -0.347. The molecule has 4 heteroatoms. The molecule has 2 aliphatic heterocycles. The molecule has 104 valence electrons. The van der Waals surface area contributed by atoms with Crippen LogP contribution in [0.3, 0.4) is 0 Å². The normalized spacial score (nSPS) is 38.4. The number of carbonyl (C=O) groups is 1. The molecule has 0 radical (unpaired) electrons. The van der Waals surface area contributed by atoms with E-state index in [9.17, 15) is 4.79 Å². The van der Waals surface area contributed by atoms with Crippen LogP contribution in [0, 0.1) is 5.92 Å². The predicted molar refractivity (Wildman–Crippen MR) is 73.2 cm³/mol. The van der Waals surface area contributed by atoms with Crippen LogP contribution in [0.5, 0.6) is 0 Å². The molecule has 18 heavy (non-hydrogen) atoms. The first-order chi connectivity index (χ1) is 8.46. The second kappa shape index (κ2) is 5.17. The largest absolute Gasteiger partial charge is 0.326 e. The summed E-state index contributed by atoms with van der Waals surface area (Å²) in [4.78, 5) is 16.9. The van der Waals surface area contributed by atoms with Crippen molar-refractivity contribution in [2.45, 2.75) is 51.7 Å². The molecule has 2 saturated heterocycles. The third-order valence-corrected chi connectivity index (χ3v) is 4.61. The van der Waals surface area contributed by atoms with E-state index < -0.39 is 0 Å². The number of likely N-dealkylation sites (tertiary alicyclic amines) is 1. The zero-order valence-corrected chi connectivity index (χ0v) is 12.2. The van der Waals surface area contributed by atoms with E-state index in [4.69, 9.17) is 0 Å². The zero-order chi connectivity index (χ0) is 13.3. The van der Waals surface area contributed by atoms with Gasteiger partial charge in [0.15, 0.2) is 0 Å². The Kier molecular flexibility index (Phi) is 3.97. The van der Waals surface area contributed by atoms with Crippen LogP contribution in [0.4, 0.5) is 0 Å². The molecule has 0 bridgehead atoms. The highest BCUT2D eigenvalue weighted by Crippen LogP contribution is 2.26. The Balaban J connectivity index is 1.99. The molecule has 0 aromatic heterocycles. The maximum atomic E-state index is 12.5. The molecular formula is C14H27N3O. The quantitative estimate of drug-likeness (QED) is 0.823. The molecule has 0 spiro atoms. The minimum absolute atomic E-state index is 0.176. The van der Waals surface area contributed by atoms with Crippen molar-refractivity contribution in [1.29, 1.82) is 0 Å². The van der Waals surface area contributed by atoms with E-state index in [1.165, 1.54) is 19.4 Å². The standard InChI is InChI=1S/C14H27N3O/c1-5-14(3)13(18)17(11(2)15-14)10-12-7-6-8-16(4)9-12/h11-12,15H,5-10H2,1-4H3. The lowest BCUT2D eigenvalue weighted by Gasteiger charge is -2.33. The van der Waals surface area contributed by atoms with Gasteiger partial charge in [0.1, 0.15) is 0 Å². The van der Waals surface area contributed by atoms with Gasteiger partial charge in [-0.3, -0.25) is 10.1 Å². The van der Waals surface area contributed by atoms with Crippen LogP contribution < -0.4 is 5.32 Å². The van der Waals surface area contributed by atoms with Crippen LogP contribution in [0.15, 0.2) is 0 Å². The Labute approximate surface area is 111 Å². The first kappa shape index (κ1) is 13.8. The molecule has 2 heterocycles. The van der Waals surface area contributed by atoms with Gasteiger partial charge >= 0.3 is 0 Å². The van der Waals surface area contributed by atoms with E-state index in [2.05, 4.69) is 31.1 Å². The number of nitrogens with zero attached hydrogens (tertiary/aromatic N) is 2. The second-order valence-corrected chi connectivity index (χ2v) is 6.23. The van der Waals surface area contributed by atoms with Crippen molar-refractivity contribution in [2.75, 3.05) is 26.7 Å². The summed E-state index contributed by atoms with van der Waals surface area (Å²) in [5.74, 6) is 0.918. The van der Waals surface area contributed by atoms with Crippen molar-refractivity contribution in [3.8, 4) is 0 Å². The Hall–Kier alpha value is -0.610. The molecule has 1 N–H and O–H groups in total. The lowest BCUT2D eigenvalue weighted by Crippen LogP contribution is -2.44. The Morgan fingerprint density at radius 2 is 2.22 bits per heavy atom. The van der Waals surface area contributed by atoms with Crippen LogP contribution in [0.25, 0.3) is 0 Å². The zero-order valence-electron chi connectivity index (χ0n) is 12.2. The molecule has 3 unspecified atom stereocenters. The Bertz CT molecular complexity index is 320. The number of amides is 1. The van der Waals surface area contributed by atoms with Gasteiger partial charge in [-0.05, 0) is 52.6 Å². The average molecular weight is 253 g/mol. The number of hydrogen-bond acceptors (Lipinski definition) is 3. The summed E-state index contributed by atoms with van der Waals surface area (Å²) in [5, 5.41) is 3.44. The number of carbonyl (C=O) groups excluding carboxylic acids is 1. The molecule has 4 nitrogen and oxygen atoms in total. The van der Waals surface area contributed by atoms with Gasteiger partial charge in [-0.1, -0.05) is 6.92 Å². The first-order valence-corrected chi connectivity index (χ1v) is 7.23. The summed E-state index contributed by atoms with van der Waals surface area (Å²) in [6.07, 6.45) is 3.55. The number of piperidine rings is 1. The van der Waals surface area contributed by atoms with Crippen molar-refractivity contribution < 1.29 is 4.79 Å². The smallest absolute Gasteiger partial charge is 0.243 e. The molecule has 0 aromatic rings. The van der Waals surface area contributed by atoms with E-state index in [-0.39, 0.29) is 17.6 Å². The lowest BCUT2D eigenvalue weighted by molar-refractivity contribution is -0.133. The van der Waals surface area contributed by atoms with Crippen molar-refractivity contribution >= 4 is 5.91 Å². The average Bonchev–Trinajstić information content (AvgIpc) is 2.54. The Morgan fingerprint density at radius 1 is 1.50 bits per heavy atom. The van der Waals surface area contributed by atoms with Crippen LogP contribution in [0.2, 0.25) is 0 Å². The molecule has 3 atom stereocenters. The third kappa shape index (κ3) is 2.54. The van der Waals surface area contributed by atoms with Crippen LogP contribution in [0.1, 0.15) is 40.0 Å². The Morgan fingerprint density at radius 3 is 2.78 bits per heavy atom. The molecule has 0 saturated carbocycles. The minimum Gasteiger partial charge on any atom is -0.326 e. The van der Waals surface area contributed by atoms with Gasteiger partial charge in [-0.15, -0.1) is 0 Å². The van der Waals surface area contributed by atoms with Gasteiger partial charge in [0.05, 0.1) is 11.7 Å². The van der Waals surface area contributed by atoms with Gasteiger partial charge in [-0.2, -0.15) is 0 Å². The van der Waals surface area contributed by atoms with E-state index in [1.807, 2.05) is 11.8 Å². The van der Waals surface area contributed by atoms with Crippen LogP contribution in [-0.4, -0.2) is 54.1 Å². The third-order valence-electron chi connectivity index (χ3n) is 4.61. The van der Waals surface area contributed by atoms with Gasteiger partial charge in [0.25, 0.3) is 0 Å². The highest BCUT2D eigenvalue weighted by atomic mass is 16.2. The summed E-state index contributed by atoms with van der Waals surface area (Å²) < 4.78 is 0. The maximum absolute atomic E-state index is 12.5. The van der Waals surface area contributed by atoms with Gasteiger partial charge in [0, 0.05) is 13.1 Å². The summed E-state index contributed by atoms with van der Waals surface area (Å²) in [6, 6.07) is 0. The molecule has 0 aromatic carbocycles. The fourth-order valence-corrected chi connectivity index (χ4v) is 3.29. The summed E-state index contributed by atoms with van der Waals surface area (Å²) in [5.41, 5.74) is -0.347. The van der Waals surface area contributed by atoms with Gasteiger partial charge < -0.3 is 9.80 Å². The SMILES string of the molecule is CCC1(C)NC(C)N(CC2CCCN(C)C2)C1=O. The van der Waals surface area contributed by atoms with Crippen molar-refractivity contribution in [3.63, 3.8) is 0 Å². The van der Waals surface area contributed by atoms with E-state index in [1.54, 1.807) is 0 Å². The molecular weight excluding hydrogens is 226 g/mol. The van der Waals surface area contributed by atoms with Gasteiger partial charge in [0.2, 0.25) is 5.91 Å². The van der Waals surface area contributed by atoms with Crippen molar-refractivity contribution in [1.82, 2.24) is 15.1 Å². The summed E-state index contributed by atoms with van der Waals surface area (Å²) in [7, 11) is 2.18. The number of rotatable bonds is 3. The van der Waals surface area contributed by atoms with Gasteiger partial charge in [-0.25, -0.2) is 0 Å². The monoisotopic (exact) mass is 253 g/mol. The maximum Gasteiger partial charge on any atom is 0.243 e. The summed E-state index contributed by atoms with van der Waals surface area (Å²) >= 11 is 0. The van der Waals surface area contributed by atoms with E-state index in [0.29, 0.717) is 5.92 Å². The summed E-state index contributed by atoms with van der Waals surface area (Å²) in [6.45, 7) is 9.44. The fraction of sp³-hybridized carbons (Fsp3) is 0.929. The molecule has 1 amide bonds. The van der Waals surface area contributed by atoms with Crippen molar-refractivity contribution in [2.24, 2.45) is 5.92 Å². The van der Waals surface area contributed by atoms with E-state index in [0.717, 1.165) is 19.5 Å². The molecule has 2 rings (SSSR count). The topological polar surface area (TPSA) is 35.6 Å². The van der Waals surface area contributed by atoms with Crippen LogP contribution in [-0.2, 0) is 4.79 Å². The number of nitrogens with one attached hydrogen (secondary N) is 1. The number of hydrogen-bond donors (Lipinski definition) is 1. The fourth-order valence-electron chi connectivity index (χ4n) is 3.29. The molecule has 0 aliphatic carbocycles. The van der Waals surface area contributed by atoms with Crippen LogP contribution >= 0.6 is 0 Å². The molecule has 2 fully saturated rings. The second-order valence-electron chi connectivity index (χ2n) is 6.23. The first-order valence-electron chi connectivity index (χ1n) is 7.23. The highest BCUT2D eigenvalue weighted by molar-refractivity contribution is 5.88.